The highest BCUT2D eigenvalue weighted by atomic mass is 16.6. The van der Waals surface area contributed by atoms with E-state index in [1.165, 1.54) is 0 Å². The number of ether oxygens (including phenoxy) is 2. The normalized spacial score (nSPS) is 17.1. The minimum atomic E-state index is -0.323. The van der Waals surface area contributed by atoms with Gasteiger partial charge in [0.05, 0.1) is 18.0 Å². The van der Waals surface area contributed by atoms with Crippen LogP contribution in [0, 0.1) is 0 Å². The van der Waals surface area contributed by atoms with Crippen LogP contribution in [-0.2, 0) is 4.74 Å². The molecule has 0 spiro atoms. The minimum absolute atomic E-state index is 0.0714. The largest absolute Gasteiger partial charge is 0.415 e. The van der Waals surface area contributed by atoms with E-state index >= 15 is 0 Å². The average Bonchev–Trinajstić information content (AvgIpc) is 2.48. The van der Waals surface area contributed by atoms with Crippen LogP contribution in [0.4, 0.5) is 4.79 Å². The van der Waals surface area contributed by atoms with E-state index in [-0.39, 0.29) is 12.2 Å². The number of hydrogen-bond acceptors (Lipinski definition) is 5. The Kier molecular flexibility index (Phi) is 4.70. The van der Waals surface area contributed by atoms with E-state index in [1.807, 2.05) is 6.92 Å². The molecule has 2 heterocycles. The molecular formula is C13H19N3O3. The Morgan fingerprint density at radius 3 is 2.74 bits per heavy atom. The van der Waals surface area contributed by atoms with Gasteiger partial charge in [0.2, 0.25) is 0 Å². The third kappa shape index (κ3) is 3.65. The second kappa shape index (κ2) is 6.49. The minimum Gasteiger partial charge on any atom is -0.409 e. The first kappa shape index (κ1) is 13.8. The third-order valence-electron chi connectivity index (χ3n) is 3.11. The van der Waals surface area contributed by atoms with Crippen LogP contribution in [0.15, 0.2) is 18.3 Å². The van der Waals surface area contributed by atoms with Crippen molar-refractivity contribution in [3.63, 3.8) is 0 Å². The highest BCUT2D eigenvalue weighted by Crippen LogP contribution is 2.17. The number of nitrogens with one attached hydrogen (secondary N) is 1. The molecule has 1 aliphatic rings. The zero-order valence-electron chi connectivity index (χ0n) is 11.3. The fourth-order valence-corrected chi connectivity index (χ4v) is 1.83. The molecule has 1 fully saturated rings. The summed E-state index contributed by atoms with van der Waals surface area (Å²) in [5.41, 5.74) is 0.810. The number of hydrogen-bond donors (Lipinski definition) is 1. The fourth-order valence-electron chi connectivity index (χ4n) is 1.83. The summed E-state index contributed by atoms with van der Waals surface area (Å²) in [5, 5.41) is 3.18. The second-order valence-electron chi connectivity index (χ2n) is 4.40. The summed E-state index contributed by atoms with van der Waals surface area (Å²) in [6.07, 6.45) is 1.15. The second-order valence-corrected chi connectivity index (χ2v) is 4.40. The van der Waals surface area contributed by atoms with E-state index in [0.29, 0.717) is 18.8 Å². The van der Waals surface area contributed by atoms with Crippen molar-refractivity contribution in [2.45, 2.75) is 13.0 Å². The lowest BCUT2D eigenvalue weighted by Crippen LogP contribution is -2.47. The Hall–Kier alpha value is -1.66. The molecule has 1 aliphatic heterocycles. The van der Waals surface area contributed by atoms with Gasteiger partial charge in [0.1, 0.15) is 0 Å². The summed E-state index contributed by atoms with van der Waals surface area (Å²) >= 11 is 0. The van der Waals surface area contributed by atoms with Crippen LogP contribution in [0.1, 0.15) is 18.7 Å². The number of carbonyl (C=O) groups is 1. The first-order valence-corrected chi connectivity index (χ1v) is 6.37. The van der Waals surface area contributed by atoms with Crippen molar-refractivity contribution < 1.29 is 14.3 Å². The van der Waals surface area contributed by atoms with Crippen LogP contribution < -0.4 is 10.1 Å². The lowest BCUT2D eigenvalue weighted by atomic mass is 10.2. The fraction of sp³-hybridized carbons (Fsp3) is 0.538. The van der Waals surface area contributed by atoms with Crippen LogP contribution >= 0.6 is 0 Å². The van der Waals surface area contributed by atoms with E-state index in [1.54, 1.807) is 30.3 Å². The zero-order valence-corrected chi connectivity index (χ0v) is 11.3. The molecule has 6 nitrogen and oxygen atoms in total. The van der Waals surface area contributed by atoms with Gasteiger partial charge in [-0.3, -0.25) is 4.98 Å². The molecule has 1 aromatic heterocycles. The molecular weight excluding hydrogens is 246 g/mol. The molecule has 1 aromatic rings. The molecule has 19 heavy (non-hydrogen) atoms. The van der Waals surface area contributed by atoms with E-state index in [0.717, 1.165) is 18.8 Å². The SMILES string of the molecule is CO[C@@H](C)c1ccc(OC(=O)N2CCNCC2)cn1. The summed E-state index contributed by atoms with van der Waals surface area (Å²) in [5.74, 6) is 0.454. The summed E-state index contributed by atoms with van der Waals surface area (Å²) in [7, 11) is 1.63. The van der Waals surface area contributed by atoms with Crippen molar-refractivity contribution in [3.05, 3.63) is 24.0 Å². The van der Waals surface area contributed by atoms with Crippen LogP contribution in [0.3, 0.4) is 0 Å². The van der Waals surface area contributed by atoms with Gasteiger partial charge in [-0.25, -0.2) is 4.79 Å². The number of carbonyl (C=O) groups excluding carboxylic acids is 1. The molecule has 0 aromatic carbocycles. The van der Waals surface area contributed by atoms with Crippen molar-refractivity contribution in [2.24, 2.45) is 0 Å². The van der Waals surface area contributed by atoms with Gasteiger partial charge in [-0.05, 0) is 19.1 Å². The number of nitrogens with zero attached hydrogens (tertiary/aromatic N) is 2. The monoisotopic (exact) mass is 265 g/mol. The van der Waals surface area contributed by atoms with Gasteiger partial charge in [-0.1, -0.05) is 0 Å². The number of rotatable bonds is 3. The molecule has 0 radical (unpaired) electrons. The third-order valence-corrected chi connectivity index (χ3v) is 3.11. The van der Waals surface area contributed by atoms with Crippen LogP contribution in [0.2, 0.25) is 0 Å². The van der Waals surface area contributed by atoms with Gasteiger partial charge in [-0.15, -0.1) is 0 Å². The van der Waals surface area contributed by atoms with Gasteiger partial charge >= 0.3 is 6.09 Å². The molecule has 1 saturated heterocycles. The average molecular weight is 265 g/mol. The molecule has 0 aliphatic carbocycles. The molecule has 0 unspecified atom stereocenters. The summed E-state index contributed by atoms with van der Waals surface area (Å²) in [4.78, 5) is 17.8. The number of methoxy groups -OCH3 is 1. The van der Waals surface area contributed by atoms with Crippen molar-refractivity contribution in [3.8, 4) is 5.75 Å². The Balaban J connectivity index is 1.93. The lowest BCUT2D eigenvalue weighted by Gasteiger charge is -2.26. The number of aromatic nitrogens is 1. The lowest BCUT2D eigenvalue weighted by molar-refractivity contribution is 0.116. The topological polar surface area (TPSA) is 63.7 Å². The first-order valence-electron chi connectivity index (χ1n) is 6.37. The Morgan fingerprint density at radius 2 is 2.16 bits per heavy atom. The number of piperazine rings is 1. The van der Waals surface area contributed by atoms with E-state index < -0.39 is 0 Å². The summed E-state index contributed by atoms with van der Waals surface area (Å²) in [6, 6.07) is 3.53. The van der Waals surface area contributed by atoms with E-state index in [2.05, 4.69) is 10.3 Å². The summed E-state index contributed by atoms with van der Waals surface area (Å²) in [6.45, 7) is 4.86. The first-order chi connectivity index (χ1) is 9.20. The molecule has 1 amide bonds. The molecule has 104 valence electrons. The van der Waals surface area contributed by atoms with Crippen LogP contribution in [0.5, 0.6) is 5.75 Å². The predicted octanol–water partition coefficient (Wildman–Crippen LogP) is 1.19. The van der Waals surface area contributed by atoms with Crippen molar-refractivity contribution in [1.29, 1.82) is 0 Å². The molecule has 0 saturated carbocycles. The molecule has 2 rings (SSSR count). The predicted molar refractivity (Wildman–Crippen MR) is 70.1 cm³/mol. The number of pyridine rings is 1. The zero-order chi connectivity index (χ0) is 13.7. The van der Waals surface area contributed by atoms with E-state index in [9.17, 15) is 4.79 Å². The Labute approximate surface area is 112 Å². The van der Waals surface area contributed by atoms with Crippen LogP contribution in [-0.4, -0.2) is 49.3 Å². The van der Waals surface area contributed by atoms with Gasteiger partial charge < -0.3 is 19.7 Å². The van der Waals surface area contributed by atoms with Crippen LogP contribution in [0.25, 0.3) is 0 Å². The smallest absolute Gasteiger partial charge is 0.409 e. The van der Waals surface area contributed by atoms with Crippen molar-refractivity contribution in [2.75, 3.05) is 33.3 Å². The molecule has 6 heteroatoms. The van der Waals surface area contributed by atoms with Gasteiger partial charge in [0.15, 0.2) is 5.75 Å². The number of amides is 1. The van der Waals surface area contributed by atoms with E-state index in [4.69, 9.17) is 9.47 Å². The van der Waals surface area contributed by atoms with Crippen molar-refractivity contribution >= 4 is 6.09 Å². The molecule has 1 atom stereocenters. The highest BCUT2D eigenvalue weighted by Gasteiger charge is 2.18. The highest BCUT2D eigenvalue weighted by molar-refractivity contribution is 5.70. The molecule has 1 N–H and O–H groups in total. The van der Waals surface area contributed by atoms with Gasteiger partial charge in [0, 0.05) is 33.3 Å². The Bertz CT molecular complexity index is 416. The maximum absolute atomic E-state index is 11.9. The summed E-state index contributed by atoms with van der Waals surface area (Å²) < 4.78 is 10.4. The maximum Gasteiger partial charge on any atom is 0.415 e. The standard InChI is InChI=1S/C13H19N3O3/c1-10(18-2)12-4-3-11(9-15-12)19-13(17)16-7-5-14-6-8-16/h3-4,9-10,14H,5-8H2,1-2H3/t10-/m0/s1. The van der Waals surface area contributed by atoms with Crippen molar-refractivity contribution in [1.82, 2.24) is 15.2 Å². The maximum atomic E-state index is 11.9. The molecule has 0 bridgehead atoms. The van der Waals surface area contributed by atoms with Gasteiger partial charge in [0.25, 0.3) is 0 Å². The Morgan fingerprint density at radius 1 is 1.42 bits per heavy atom. The van der Waals surface area contributed by atoms with Gasteiger partial charge in [-0.2, -0.15) is 0 Å². The quantitative estimate of drug-likeness (QED) is 0.889.